The van der Waals surface area contributed by atoms with Crippen LogP contribution < -0.4 is 0 Å². The van der Waals surface area contributed by atoms with Gasteiger partial charge in [0.15, 0.2) is 40.6 Å². The average molecular weight is 460 g/mol. The summed E-state index contributed by atoms with van der Waals surface area (Å²) in [5, 5.41) is 78.5. The van der Waals surface area contributed by atoms with Crippen molar-refractivity contribution in [2.45, 2.75) is 31.2 Å². The van der Waals surface area contributed by atoms with Gasteiger partial charge in [-0.3, -0.25) is 0 Å². The van der Waals surface area contributed by atoms with Crippen LogP contribution in [0.5, 0.6) is 34.5 Å². The lowest BCUT2D eigenvalue weighted by Crippen LogP contribution is -2.34. The molecule has 1 fully saturated rings. The predicted molar refractivity (Wildman–Crippen MR) is 109 cm³/mol. The molecule has 2 aliphatic rings. The highest BCUT2D eigenvalue weighted by Gasteiger charge is 2.40. The second kappa shape index (κ2) is 8.02. The van der Waals surface area contributed by atoms with Gasteiger partial charge in [-0.1, -0.05) is 0 Å². The molecule has 0 bridgehead atoms. The van der Waals surface area contributed by atoms with E-state index in [2.05, 4.69) is 0 Å². The largest absolute Gasteiger partial charge is 0.512 e. The van der Waals surface area contributed by atoms with E-state index in [4.69, 9.17) is 9.47 Å². The Bertz CT molecular complexity index is 1150. The maximum Gasteiger partial charge on any atom is 0.338 e. The number of carbonyl (C=O) groups is 1. The van der Waals surface area contributed by atoms with Gasteiger partial charge >= 0.3 is 5.97 Å². The molecular weight excluding hydrogens is 440 g/mol. The lowest BCUT2D eigenvalue weighted by atomic mass is 9.89. The Hall–Kier alpha value is -4.25. The summed E-state index contributed by atoms with van der Waals surface area (Å²) < 4.78 is 11.3. The zero-order valence-electron chi connectivity index (χ0n) is 16.8. The highest BCUT2D eigenvalue weighted by atomic mass is 16.6. The summed E-state index contributed by atoms with van der Waals surface area (Å²) in [5.41, 5.74) is 0.0889. The van der Waals surface area contributed by atoms with E-state index in [1.165, 1.54) is 6.08 Å². The molecule has 1 aliphatic carbocycles. The van der Waals surface area contributed by atoms with Crippen LogP contribution in [0.3, 0.4) is 0 Å². The minimum atomic E-state index is -1.15. The molecule has 174 valence electrons. The number of phenolic OH excluding ortho intramolecular Hbond substituents is 6. The van der Waals surface area contributed by atoms with Crippen molar-refractivity contribution >= 4 is 5.97 Å². The molecule has 4 rings (SSSR count). The van der Waals surface area contributed by atoms with Crippen molar-refractivity contribution in [1.29, 1.82) is 0 Å². The SMILES string of the molecule is O=C(OC1CC2=C(O)CC(O)C=C2O[C@@H]1c1cc(O)c(O)c(O)c1)c1cc(O)c(O)c(O)c1. The van der Waals surface area contributed by atoms with Gasteiger partial charge in [0.2, 0.25) is 0 Å². The summed E-state index contributed by atoms with van der Waals surface area (Å²) in [7, 11) is 0. The fourth-order valence-electron chi connectivity index (χ4n) is 3.75. The van der Waals surface area contributed by atoms with Crippen LogP contribution >= 0.6 is 0 Å². The number of allylic oxidation sites excluding steroid dienone is 1. The Morgan fingerprint density at radius 1 is 0.848 bits per heavy atom. The third-order valence-electron chi connectivity index (χ3n) is 5.37. The van der Waals surface area contributed by atoms with E-state index in [0.717, 1.165) is 24.3 Å². The summed E-state index contributed by atoms with van der Waals surface area (Å²) >= 11 is 0. The first-order valence-corrected chi connectivity index (χ1v) is 9.73. The number of phenols is 6. The number of ether oxygens (including phenoxy) is 2. The molecule has 3 atom stereocenters. The Kier molecular flexibility index (Phi) is 5.34. The fourth-order valence-corrected chi connectivity index (χ4v) is 3.75. The number of aliphatic hydroxyl groups excluding tert-OH is 2. The Labute approximate surface area is 185 Å². The van der Waals surface area contributed by atoms with Crippen molar-refractivity contribution in [3.05, 3.63) is 58.6 Å². The molecule has 2 aromatic rings. The lowest BCUT2D eigenvalue weighted by molar-refractivity contribution is -0.0474. The zero-order chi connectivity index (χ0) is 24.0. The Balaban J connectivity index is 1.72. The predicted octanol–water partition coefficient (Wildman–Crippen LogP) is 2.07. The van der Waals surface area contributed by atoms with Crippen molar-refractivity contribution < 1.29 is 55.1 Å². The standard InChI is InChI=1S/C22H20O11/c23-10-5-12(24)11-7-18(33-22(31)9-3-15(27)20(30)16(28)4-9)21(32-17(11)6-10)8-1-13(25)19(29)14(26)2-8/h1-4,6,10,18,21,23-30H,5,7H2/t10?,18?,21-/m1/s1. The van der Waals surface area contributed by atoms with Gasteiger partial charge in [0.25, 0.3) is 0 Å². The fraction of sp³-hybridized carbons (Fsp3) is 0.227. The van der Waals surface area contributed by atoms with E-state index in [9.17, 15) is 45.6 Å². The molecule has 0 spiro atoms. The van der Waals surface area contributed by atoms with Crippen molar-refractivity contribution in [3.8, 4) is 34.5 Å². The lowest BCUT2D eigenvalue weighted by Gasteiger charge is -2.37. The number of fused-ring (bicyclic) bond motifs is 1. The monoisotopic (exact) mass is 460 g/mol. The molecular formula is C22H20O11. The molecule has 0 aromatic heterocycles. The van der Waals surface area contributed by atoms with Crippen molar-refractivity contribution in [2.24, 2.45) is 0 Å². The smallest absolute Gasteiger partial charge is 0.338 e. The molecule has 0 amide bonds. The van der Waals surface area contributed by atoms with Gasteiger partial charge in [0.1, 0.15) is 17.6 Å². The van der Waals surface area contributed by atoms with E-state index in [1.54, 1.807) is 0 Å². The maximum atomic E-state index is 12.7. The molecule has 11 heteroatoms. The first kappa shape index (κ1) is 22.0. The van der Waals surface area contributed by atoms with Gasteiger partial charge in [-0.05, 0) is 30.3 Å². The average Bonchev–Trinajstić information content (AvgIpc) is 2.75. The minimum absolute atomic E-state index is 0.0754. The number of hydrogen-bond donors (Lipinski definition) is 8. The summed E-state index contributed by atoms with van der Waals surface area (Å²) in [4.78, 5) is 12.7. The van der Waals surface area contributed by atoms with Gasteiger partial charge in [-0.2, -0.15) is 0 Å². The summed E-state index contributed by atoms with van der Waals surface area (Å²) in [6, 6.07) is 3.95. The van der Waals surface area contributed by atoms with Crippen LogP contribution in [0.2, 0.25) is 0 Å². The zero-order valence-corrected chi connectivity index (χ0v) is 16.8. The number of hydrogen-bond acceptors (Lipinski definition) is 11. The van der Waals surface area contributed by atoms with Crippen LogP contribution in [0.25, 0.3) is 0 Å². The van der Waals surface area contributed by atoms with E-state index in [1.807, 2.05) is 0 Å². The summed E-state index contributed by atoms with van der Waals surface area (Å²) in [6.07, 6.45) is -2.13. The van der Waals surface area contributed by atoms with Crippen LogP contribution in [0.1, 0.15) is 34.9 Å². The van der Waals surface area contributed by atoms with Crippen LogP contribution in [-0.4, -0.2) is 59.0 Å². The molecule has 1 saturated heterocycles. The number of esters is 1. The van der Waals surface area contributed by atoms with Crippen LogP contribution in [0.4, 0.5) is 0 Å². The van der Waals surface area contributed by atoms with E-state index >= 15 is 0 Å². The molecule has 1 heterocycles. The van der Waals surface area contributed by atoms with Crippen LogP contribution in [0.15, 0.2) is 47.4 Å². The van der Waals surface area contributed by atoms with Gasteiger partial charge in [0.05, 0.1) is 11.7 Å². The topological polar surface area (TPSA) is 197 Å². The summed E-state index contributed by atoms with van der Waals surface area (Å²) in [6.45, 7) is 0. The molecule has 8 N–H and O–H groups in total. The third kappa shape index (κ3) is 4.01. The first-order chi connectivity index (χ1) is 15.5. The normalized spacial score (nSPS) is 22.2. The Morgan fingerprint density at radius 2 is 1.39 bits per heavy atom. The summed E-state index contributed by atoms with van der Waals surface area (Å²) in [5.74, 6) is -5.46. The van der Waals surface area contributed by atoms with Gasteiger partial charge in [-0.15, -0.1) is 0 Å². The van der Waals surface area contributed by atoms with Crippen LogP contribution in [0, 0.1) is 0 Å². The molecule has 2 unspecified atom stereocenters. The van der Waals surface area contributed by atoms with Gasteiger partial charge in [0, 0.05) is 24.0 Å². The molecule has 0 saturated carbocycles. The second-order valence-electron chi connectivity index (χ2n) is 7.68. The highest BCUT2D eigenvalue weighted by Crippen LogP contribution is 2.46. The van der Waals surface area contributed by atoms with Crippen molar-refractivity contribution in [1.82, 2.24) is 0 Å². The molecule has 1 aliphatic heterocycles. The quantitative estimate of drug-likeness (QED) is 0.246. The van der Waals surface area contributed by atoms with Gasteiger partial charge < -0.3 is 50.3 Å². The van der Waals surface area contributed by atoms with Crippen LogP contribution in [-0.2, 0) is 9.47 Å². The van der Waals surface area contributed by atoms with E-state index in [-0.39, 0.29) is 41.1 Å². The number of carbonyl (C=O) groups excluding carboxylic acids is 1. The number of aliphatic hydroxyl groups is 2. The number of benzene rings is 2. The second-order valence-corrected chi connectivity index (χ2v) is 7.68. The highest BCUT2D eigenvalue weighted by molar-refractivity contribution is 5.91. The van der Waals surface area contributed by atoms with E-state index in [0.29, 0.717) is 0 Å². The molecule has 0 radical (unpaired) electrons. The van der Waals surface area contributed by atoms with Crippen molar-refractivity contribution in [2.75, 3.05) is 0 Å². The minimum Gasteiger partial charge on any atom is -0.512 e. The maximum absolute atomic E-state index is 12.7. The number of rotatable bonds is 3. The third-order valence-corrected chi connectivity index (χ3v) is 5.37. The molecule has 11 nitrogen and oxygen atoms in total. The van der Waals surface area contributed by atoms with Gasteiger partial charge in [-0.25, -0.2) is 4.79 Å². The van der Waals surface area contributed by atoms with E-state index < -0.39 is 58.8 Å². The first-order valence-electron chi connectivity index (χ1n) is 9.73. The molecule has 33 heavy (non-hydrogen) atoms. The van der Waals surface area contributed by atoms with Crippen molar-refractivity contribution in [3.63, 3.8) is 0 Å². The number of aromatic hydroxyl groups is 6. The Morgan fingerprint density at radius 3 is 1.97 bits per heavy atom. The molecule has 2 aromatic carbocycles.